The van der Waals surface area contributed by atoms with E-state index in [9.17, 15) is 9.18 Å². The van der Waals surface area contributed by atoms with Crippen molar-refractivity contribution >= 4 is 17.6 Å². The topological polar surface area (TPSA) is 40.5 Å². The number of carboxylic acid groups (broad SMARTS) is 1. The molecule has 0 radical (unpaired) electrons. The van der Waals surface area contributed by atoms with Crippen molar-refractivity contribution in [3.05, 3.63) is 34.6 Å². The van der Waals surface area contributed by atoms with Crippen molar-refractivity contribution in [2.75, 3.05) is 7.05 Å². The molecule has 0 amide bonds. The van der Waals surface area contributed by atoms with Gasteiger partial charge in [-0.25, -0.2) is 4.39 Å². The van der Waals surface area contributed by atoms with Crippen LogP contribution in [0.1, 0.15) is 19.4 Å². The molecule has 0 aliphatic heterocycles. The van der Waals surface area contributed by atoms with Crippen LogP contribution < -0.4 is 0 Å². The maximum absolute atomic E-state index is 13.6. The molecule has 1 rings (SSSR count). The minimum Gasteiger partial charge on any atom is -0.480 e. The summed E-state index contributed by atoms with van der Waals surface area (Å²) in [5.74, 6) is -1.40. The van der Waals surface area contributed by atoms with E-state index < -0.39 is 17.8 Å². The standard InChI is InChI=1S/C13H17ClFNO2/c1-8(2)12(13(17)18)16(3)7-9-10(14)5-4-6-11(9)15/h4-6,8,12H,7H2,1-3H3,(H,17,18). The van der Waals surface area contributed by atoms with Gasteiger partial charge in [-0.15, -0.1) is 0 Å². The van der Waals surface area contributed by atoms with Crippen molar-refractivity contribution in [3.63, 3.8) is 0 Å². The lowest BCUT2D eigenvalue weighted by atomic mass is 10.0. The van der Waals surface area contributed by atoms with Crippen molar-refractivity contribution < 1.29 is 14.3 Å². The van der Waals surface area contributed by atoms with Crippen molar-refractivity contribution in [3.8, 4) is 0 Å². The Hall–Kier alpha value is -1.13. The first-order chi connectivity index (χ1) is 8.34. The van der Waals surface area contributed by atoms with Crippen molar-refractivity contribution in [1.29, 1.82) is 0 Å². The molecule has 0 aromatic heterocycles. The minimum absolute atomic E-state index is 0.0713. The number of halogens is 2. The van der Waals surface area contributed by atoms with Gasteiger partial charge in [0.2, 0.25) is 0 Å². The first-order valence-corrected chi connectivity index (χ1v) is 6.08. The summed E-state index contributed by atoms with van der Waals surface area (Å²) in [5.41, 5.74) is 0.327. The van der Waals surface area contributed by atoms with Crippen LogP contribution >= 0.6 is 11.6 Å². The Bertz CT molecular complexity index is 417. The van der Waals surface area contributed by atoms with Crippen LogP contribution in [0.4, 0.5) is 4.39 Å². The Morgan fingerprint density at radius 2 is 2.11 bits per heavy atom. The summed E-state index contributed by atoms with van der Waals surface area (Å²) in [5, 5.41) is 9.48. The molecular formula is C13H17ClFNO2. The molecule has 5 heteroatoms. The molecule has 1 atom stereocenters. The highest BCUT2D eigenvalue weighted by atomic mass is 35.5. The molecule has 0 saturated carbocycles. The second-order valence-electron chi connectivity index (χ2n) is 4.64. The van der Waals surface area contributed by atoms with Gasteiger partial charge in [-0.2, -0.15) is 0 Å². The average Bonchev–Trinajstić information content (AvgIpc) is 2.22. The summed E-state index contributed by atoms with van der Waals surface area (Å²) in [6.07, 6.45) is 0. The molecule has 1 aromatic carbocycles. The Balaban J connectivity index is 2.93. The molecule has 0 fully saturated rings. The van der Waals surface area contributed by atoms with Crippen molar-refractivity contribution in [1.82, 2.24) is 4.90 Å². The zero-order valence-corrected chi connectivity index (χ0v) is 11.4. The van der Waals surface area contributed by atoms with Gasteiger partial charge in [0.05, 0.1) is 0 Å². The summed E-state index contributed by atoms with van der Waals surface area (Å²) in [6, 6.07) is 3.78. The lowest BCUT2D eigenvalue weighted by Crippen LogP contribution is -2.42. The van der Waals surface area contributed by atoms with Crippen LogP contribution in [0.25, 0.3) is 0 Å². The Kier molecular flexibility index (Phi) is 5.11. The largest absolute Gasteiger partial charge is 0.480 e. The summed E-state index contributed by atoms with van der Waals surface area (Å²) in [7, 11) is 1.65. The van der Waals surface area contributed by atoms with Gasteiger partial charge in [0.15, 0.2) is 0 Å². The van der Waals surface area contributed by atoms with Gasteiger partial charge in [-0.1, -0.05) is 31.5 Å². The van der Waals surface area contributed by atoms with E-state index in [0.29, 0.717) is 10.6 Å². The highest BCUT2D eigenvalue weighted by molar-refractivity contribution is 6.31. The number of benzene rings is 1. The monoisotopic (exact) mass is 273 g/mol. The molecule has 3 nitrogen and oxygen atoms in total. The highest BCUT2D eigenvalue weighted by Crippen LogP contribution is 2.22. The Morgan fingerprint density at radius 3 is 2.56 bits per heavy atom. The number of aliphatic carboxylic acids is 1. The molecular weight excluding hydrogens is 257 g/mol. The van der Waals surface area contributed by atoms with Gasteiger partial charge in [0, 0.05) is 17.1 Å². The fourth-order valence-corrected chi connectivity index (χ4v) is 2.24. The molecule has 0 heterocycles. The smallest absolute Gasteiger partial charge is 0.321 e. The first-order valence-electron chi connectivity index (χ1n) is 5.70. The first kappa shape index (κ1) is 14.9. The third-order valence-corrected chi connectivity index (χ3v) is 3.18. The summed E-state index contributed by atoms with van der Waals surface area (Å²) < 4.78 is 13.6. The Labute approximate surface area is 111 Å². The predicted octanol–water partition coefficient (Wildman–Crippen LogP) is 3.02. The molecule has 1 N–H and O–H groups in total. The quantitative estimate of drug-likeness (QED) is 0.896. The van der Waals surface area contributed by atoms with Crippen LogP contribution in [-0.4, -0.2) is 29.1 Å². The Morgan fingerprint density at radius 1 is 1.50 bits per heavy atom. The highest BCUT2D eigenvalue weighted by Gasteiger charge is 2.27. The summed E-state index contributed by atoms with van der Waals surface area (Å²) in [4.78, 5) is 12.8. The van der Waals surface area contributed by atoms with Crippen LogP contribution in [0.3, 0.4) is 0 Å². The van der Waals surface area contributed by atoms with Gasteiger partial charge < -0.3 is 5.11 Å². The summed E-state index contributed by atoms with van der Waals surface area (Å²) in [6.45, 7) is 3.80. The van der Waals surface area contributed by atoms with Gasteiger partial charge in [0.1, 0.15) is 11.9 Å². The molecule has 0 aliphatic carbocycles. The molecule has 1 unspecified atom stereocenters. The summed E-state index contributed by atoms with van der Waals surface area (Å²) >= 11 is 5.92. The van der Waals surface area contributed by atoms with E-state index in [1.807, 2.05) is 13.8 Å². The van der Waals surface area contributed by atoms with Crippen LogP contribution in [-0.2, 0) is 11.3 Å². The average molecular weight is 274 g/mol. The second-order valence-corrected chi connectivity index (χ2v) is 5.05. The molecule has 0 aliphatic rings. The number of hydrogen-bond donors (Lipinski definition) is 1. The molecule has 0 saturated heterocycles. The number of nitrogens with zero attached hydrogens (tertiary/aromatic N) is 1. The van der Waals surface area contributed by atoms with Gasteiger partial charge in [0.25, 0.3) is 0 Å². The lowest BCUT2D eigenvalue weighted by Gasteiger charge is -2.28. The van der Waals surface area contributed by atoms with E-state index in [2.05, 4.69) is 0 Å². The number of carbonyl (C=O) groups is 1. The van der Waals surface area contributed by atoms with E-state index in [1.165, 1.54) is 12.1 Å². The fourth-order valence-electron chi connectivity index (χ4n) is 2.01. The molecule has 18 heavy (non-hydrogen) atoms. The second kappa shape index (κ2) is 6.16. The predicted molar refractivity (Wildman–Crippen MR) is 69.1 cm³/mol. The molecule has 0 spiro atoms. The number of likely N-dealkylation sites (N-methyl/N-ethyl adjacent to an activating group) is 1. The van der Waals surface area contributed by atoms with Crippen molar-refractivity contribution in [2.45, 2.75) is 26.4 Å². The maximum atomic E-state index is 13.6. The normalized spacial score (nSPS) is 13.1. The van der Waals surface area contributed by atoms with E-state index >= 15 is 0 Å². The van der Waals surface area contributed by atoms with Gasteiger partial charge >= 0.3 is 5.97 Å². The lowest BCUT2D eigenvalue weighted by molar-refractivity contribution is -0.144. The fraction of sp³-hybridized carbons (Fsp3) is 0.462. The van der Waals surface area contributed by atoms with Crippen LogP contribution in [0.15, 0.2) is 18.2 Å². The van der Waals surface area contributed by atoms with E-state index in [1.54, 1.807) is 18.0 Å². The molecule has 1 aromatic rings. The van der Waals surface area contributed by atoms with Crippen LogP contribution in [0, 0.1) is 11.7 Å². The van der Waals surface area contributed by atoms with Crippen LogP contribution in [0.2, 0.25) is 5.02 Å². The van der Waals surface area contributed by atoms with Crippen molar-refractivity contribution in [2.24, 2.45) is 5.92 Å². The third kappa shape index (κ3) is 3.43. The van der Waals surface area contributed by atoms with E-state index in [4.69, 9.17) is 16.7 Å². The molecule has 100 valence electrons. The number of carboxylic acids is 1. The molecule has 0 bridgehead atoms. The van der Waals surface area contributed by atoms with Gasteiger partial charge in [-0.3, -0.25) is 9.69 Å². The van der Waals surface area contributed by atoms with E-state index in [-0.39, 0.29) is 12.5 Å². The van der Waals surface area contributed by atoms with Gasteiger partial charge in [-0.05, 0) is 25.1 Å². The van der Waals surface area contributed by atoms with E-state index in [0.717, 1.165) is 0 Å². The SMILES string of the molecule is CC(C)C(C(=O)O)N(C)Cc1c(F)cccc1Cl. The minimum atomic E-state index is -0.917. The number of rotatable bonds is 5. The zero-order valence-electron chi connectivity index (χ0n) is 10.7. The third-order valence-electron chi connectivity index (χ3n) is 2.83. The number of hydrogen-bond acceptors (Lipinski definition) is 2. The zero-order chi connectivity index (χ0) is 13.9. The van der Waals surface area contributed by atoms with Crippen LogP contribution in [0.5, 0.6) is 0 Å². The maximum Gasteiger partial charge on any atom is 0.321 e.